The lowest BCUT2D eigenvalue weighted by atomic mass is 9.92. The van der Waals surface area contributed by atoms with Gasteiger partial charge < -0.3 is 9.73 Å². The zero-order valence-corrected chi connectivity index (χ0v) is 11.2. The highest BCUT2D eigenvalue weighted by Crippen LogP contribution is 2.22. The molecule has 0 amide bonds. The fraction of sp³-hybridized carbons (Fsp3) is 0.714. The van der Waals surface area contributed by atoms with Crippen LogP contribution in [0.15, 0.2) is 23.0 Å². The zero-order valence-electron chi connectivity index (χ0n) is 11.2. The molecule has 1 aliphatic heterocycles. The number of hydrogen-bond donors (Lipinski definition) is 1. The molecular formula is C14H24N2O. The average molecular weight is 236 g/mol. The zero-order chi connectivity index (χ0) is 12.3. The Balaban J connectivity index is 2.05. The number of nitrogens with zero attached hydrogens (tertiary/aromatic N) is 1. The summed E-state index contributed by atoms with van der Waals surface area (Å²) in [5, 5.41) is 3.69. The van der Waals surface area contributed by atoms with Gasteiger partial charge in [0.2, 0.25) is 0 Å². The molecule has 0 bridgehead atoms. The summed E-state index contributed by atoms with van der Waals surface area (Å²) in [5.41, 5.74) is 1.54. The third-order valence-corrected chi connectivity index (χ3v) is 4.05. The summed E-state index contributed by atoms with van der Waals surface area (Å²) in [6.07, 6.45) is 5.99. The molecule has 3 heteroatoms. The maximum absolute atomic E-state index is 5.16. The molecule has 1 aliphatic rings. The summed E-state index contributed by atoms with van der Waals surface area (Å²) in [7, 11) is 0. The van der Waals surface area contributed by atoms with Crippen molar-refractivity contribution in [3.05, 3.63) is 24.2 Å². The van der Waals surface area contributed by atoms with Crippen LogP contribution in [0.3, 0.4) is 0 Å². The Hall–Kier alpha value is -0.800. The van der Waals surface area contributed by atoms with Crippen LogP contribution in [0.5, 0.6) is 0 Å². The summed E-state index contributed by atoms with van der Waals surface area (Å²) < 4.78 is 5.16. The Morgan fingerprint density at radius 2 is 2.35 bits per heavy atom. The molecule has 2 heterocycles. The van der Waals surface area contributed by atoms with Gasteiger partial charge in [0.1, 0.15) is 0 Å². The minimum absolute atomic E-state index is 0.259. The molecule has 1 fully saturated rings. The Labute approximate surface area is 104 Å². The fourth-order valence-electron chi connectivity index (χ4n) is 2.57. The number of rotatable bonds is 4. The molecular weight excluding hydrogens is 212 g/mol. The van der Waals surface area contributed by atoms with E-state index in [2.05, 4.69) is 37.1 Å². The van der Waals surface area contributed by atoms with E-state index in [4.69, 9.17) is 4.42 Å². The lowest BCUT2D eigenvalue weighted by Crippen LogP contribution is -2.62. The van der Waals surface area contributed by atoms with Gasteiger partial charge in [0.15, 0.2) is 0 Å². The normalized spacial score (nSPS) is 30.6. The second kappa shape index (κ2) is 5.23. The Morgan fingerprint density at radius 3 is 2.94 bits per heavy atom. The summed E-state index contributed by atoms with van der Waals surface area (Å²) in [5.74, 6) is 0. The first kappa shape index (κ1) is 12.7. The molecule has 17 heavy (non-hydrogen) atoms. The molecule has 0 saturated carbocycles. The third-order valence-electron chi connectivity index (χ3n) is 4.05. The van der Waals surface area contributed by atoms with Crippen LogP contribution in [-0.2, 0) is 6.54 Å². The molecule has 96 valence electrons. The van der Waals surface area contributed by atoms with E-state index in [1.54, 1.807) is 6.26 Å². The highest BCUT2D eigenvalue weighted by molar-refractivity contribution is 5.07. The molecule has 1 saturated heterocycles. The summed E-state index contributed by atoms with van der Waals surface area (Å²) in [6.45, 7) is 10.1. The molecule has 0 aromatic carbocycles. The van der Waals surface area contributed by atoms with Crippen molar-refractivity contribution < 1.29 is 4.42 Å². The molecule has 2 atom stereocenters. The van der Waals surface area contributed by atoms with Gasteiger partial charge in [0.05, 0.1) is 12.5 Å². The van der Waals surface area contributed by atoms with Gasteiger partial charge in [-0.3, -0.25) is 4.90 Å². The quantitative estimate of drug-likeness (QED) is 0.871. The van der Waals surface area contributed by atoms with Crippen LogP contribution in [-0.4, -0.2) is 29.6 Å². The average Bonchev–Trinajstić information content (AvgIpc) is 2.82. The van der Waals surface area contributed by atoms with E-state index in [1.807, 2.05) is 6.26 Å². The minimum atomic E-state index is 0.259. The third kappa shape index (κ3) is 2.90. The van der Waals surface area contributed by atoms with Gasteiger partial charge in [-0.25, -0.2) is 0 Å². The predicted molar refractivity (Wildman–Crippen MR) is 69.9 cm³/mol. The second-order valence-corrected chi connectivity index (χ2v) is 5.39. The maximum Gasteiger partial charge on any atom is 0.0947 e. The van der Waals surface area contributed by atoms with E-state index in [0.717, 1.165) is 19.6 Å². The van der Waals surface area contributed by atoms with Crippen LogP contribution >= 0.6 is 0 Å². The van der Waals surface area contributed by atoms with Crippen molar-refractivity contribution in [1.29, 1.82) is 0 Å². The van der Waals surface area contributed by atoms with E-state index in [9.17, 15) is 0 Å². The van der Waals surface area contributed by atoms with Crippen LogP contribution < -0.4 is 5.32 Å². The lowest BCUT2D eigenvalue weighted by Gasteiger charge is -2.45. The van der Waals surface area contributed by atoms with Crippen LogP contribution in [0.25, 0.3) is 0 Å². The van der Waals surface area contributed by atoms with Crippen LogP contribution in [0.4, 0.5) is 0 Å². The van der Waals surface area contributed by atoms with Crippen molar-refractivity contribution >= 4 is 0 Å². The number of nitrogens with one attached hydrogen (secondary N) is 1. The van der Waals surface area contributed by atoms with Gasteiger partial charge in [-0.1, -0.05) is 13.8 Å². The molecule has 1 aromatic heterocycles. The van der Waals surface area contributed by atoms with Crippen molar-refractivity contribution in [2.45, 2.75) is 51.7 Å². The van der Waals surface area contributed by atoms with E-state index >= 15 is 0 Å². The SMILES string of the molecule is CCC1CNC(C)(CC)CN1Cc1ccoc1. The van der Waals surface area contributed by atoms with Crippen molar-refractivity contribution in [3.63, 3.8) is 0 Å². The first-order valence-electron chi connectivity index (χ1n) is 6.67. The van der Waals surface area contributed by atoms with Gasteiger partial charge in [-0.2, -0.15) is 0 Å². The molecule has 0 aliphatic carbocycles. The first-order valence-corrected chi connectivity index (χ1v) is 6.67. The molecule has 0 spiro atoms. The highest BCUT2D eigenvalue weighted by atomic mass is 16.3. The smallest absolute Gasteiger partial charge is 0.0947 e. The first-order chi connectivity index (χ1) is 8.17. The Kier molecular flexibility index (Phi) is 3.89. The van der Waals surface area contributed by atoms with Crippen molar-refractivity contribution in [3.8, 4) is 0 Å². The summed E-state index contributed by atoms with van der Waals surface area (Å²) in [4.78, 5) is 2.59. The van der Waals surface area contributed by atoms with Gasteiger partial charge in [-0.15, -0.1) is 0 Å². The van der Waals surface area contributed by atoms with Crippen LogP contribution in [0.2, 0.25) is 0 Å². The van der Waals surface area contributed by atoms with Crippen molar-refractivity contribution in [1.82, 2.24) is 10.2 Å². The molecule has 1 aromatic rings. The largest absolute Gasteiger partial charge is 0.472 e. The van der Waals surface area contributed by atoms with Gasteiger partial charge in [-0.05, 0) is 25.8 Å². The topological polar surface area (TPSA) is 28.4 Å². The monoisotopic (exact) mass is 236 g/mol. The van der Waals surface area contributed by atoms with Crippen LogP contribution in [0.1, 0.15) is 39.2 Å². The molecule has 1 N–H and O–H groups in total. The highest BCUT2D eigenvalue weighted by Gasteiger charge is 2.33. The van der Waals surface area contributed by atoms with Gasteiger partial charge in [0.25, 0.3) is 0 Å². The van der Waals surface area contributed by atoms with E-state index in [1.165, 1.54) is 18.4 Å². The summed E-state index contributed by atoms with van der Waals surface area (Å²) in [6, 6.07) is 2.71. The molecule has 2 unspecified atom stereocenters. The van der Waals surface area contributed by atoms with Crippen molar-refractivity contribution in [2.24, 2.45) is 0 Å². The van der Waals surface area contributed by atoms with Crippen LogP contribution in [0, 0.1) is 0 Å². The Morgan fingerprint density at radius 1 is 1.53 bits per heavy atom. The lowest BCUT2D eigenvalue weighted by molar-refractivity contribution is 0.0753. The standard InChI is InChI=1S/C14H24N2O/c1-4-13-8-15-14(3,5-2)11-16(13)9-12-6-7-17-10-12/h6-7,10,13,15H,4-5,8-9,11H2,1-3H3. The summed E-state index contributed by atoms with van der Waals surface area (Å²) >= 11 is 0. The fourth-order valence-corrected chi connectivity index (χ4v) is 2.57. The Bertz CT molecular complexity index is 336. The second-order valence-electron chi connectivity index (χ2n) is 5.39. The minimum Gasteiger partial charge on any atom is -0.472 e. The van der Waals surface area contributed by atoms with E-state index in [0.29, 0.717) is 6.04 Å². The number of piperazine rings is 1. The molecule has 3 nitrogen and oxygen atoms in total. The predicted octanol–water partition coefficient (Wildman–Crippen LogP) is 2.63. The number of furan rings is 1. The molecule has 0 radical (unpaired) electrons. The van der Waals surface area contributed by atoms with Gasteiger partial charge in [0, 0.05) is 36.8 Å². The number of hydrogen-bond acceptors (Lipinski definition) is 3. The van der Waals surface area contributed by atoms with E-state index in [-0.39, 0.29) is 5.54 Å². The maximum atomic E-state index is 5.16. The molecule has 2 rings (SSSR count). The van der Waals surface area contributed by atoms with Gasteiger partial charge >= 0.3 is 0 Å². The van der Waals surface area contributed by atoms with E-state index < -0.39 is 0 Å². The van der Waals surface area contributed by atoms with Crippen molar-refractivity contribution in [2.75, 3.05) is 13.1 Å².